The lowest BCUT2D eigenvalue weighted by Crippen LogP contribution is -2.23. The molecule has 0 saturated heterocycles. The Labute approximate surface area is 152 Å². The summed E-state index contributed by atoms with van der Waals surface area (Å²) in [7, 11) is -3.62. The van der Waals surface area contributed by atoms with E-state index in [0.717, 1.165) is 16.3 Å². The first-order chi connectivity index (χ1) is 12.5. The minimum atomic E-state index is -3.62. The average Bonchev–Trinajstić information content (AvgIpc) is 2.65. The molecule has 26 heavy (non-hydrogen) atoms. The zero-order chi connectivity index (χ0) is 18.6. The summed E-state index contributed by atoms with van der Waals surface area (Å²) in [5, 5.41) is 1.85. The lowest BCUT2D eigenvalue weighted by Gasteiger charge is -2.05. The average molecular weight is 363 g/mol. The summed E-state index contributed by atoms with van der Waals surface area (Å²) in [5.74, 6) is 5.66. The Kier molecular flexibility index (Phi) is 5.17. The Morgan fingerprint density at radius 3 is 2.35 bits per heavy atom. The first-order valence-electron chi connectivity index (χ1n) is 8.04. The van der Waals surface area contributed by atoms with Gasteiger partial charge in [-0.05, 0) is 42.0 Å². The number of rotatable bonds is 4. The quantitative estimate of drug-likeness (QED) is 0.571. The Morgan fingerprint density at radius 1 is 0.962 bits per heavy atom. The van der Waals surface area contributed by atoms with E-state index in [1.807, 2.05) is 24.3 Å². The van der Waals surface area contributed by atoms with Crippen LogP contribution >= 0.6 is 0 Å². The van der Waals surface area contributed by atoms with Crippen molar-refractivity contribution in [3.05, 3.63) is 77.9 Å². The molecule has 0 atom stereocenters. The summed E-state index contributed by atoms with van der Waals surface area (Å²) in [6.45, 7) is 1.51. The normalized spacial score (nSPS) is 11.0. The predicted molar refractivity (Wildman–Crippen MR) is 102 cm³/mol. The summed E-state index contributed by atoms with van der Waals surface area (Å²) in [5.41, 5.74) is 1.34. The molecular formula is C21H17NO3S. The van der Waals surface area contributed by atoms with Crippen molar-refractivity contribution >= 4 is 26.6 Å². The second-order valence-corrected chi connectivity index (χ2v) is 7.54. The fourth-order valence-electron chi connectivity index (χ4n) is 2.48. The second-order valence-electron chi connectivity index (χ2n) is 5.77. The smallest absolute Gasteiger partial charge is 0.241 e. The van der Waals surface area contributed by atoms with Gasteiger partial charge in [0.2, 0.25) is 10.0 Å². The third kappa shape index (κ3) is 4.17. The molecule has 0 aliphatic heterocycles. The monoisotopic (exact) mass is 363 g/mol. The number of carbonyl (C=O) groups is 1. The highest BCUT2D eigenvalue weighted by Gasteiger charge is 2.13. The van der Waals surface area contributed by atoms with E-state index in [9.17, 15) is 13.2 Å². The molecule has 0 aliphatic rings. The van der Waals surface area contributed by atoms with Gasteiger partial charge in [0.05, 0.1) is 11.4 Å². The highest BCUT2D eigenvalue weighted by molar-refractivity contribution is 7.89. The molecule has 0 unspecified atom stereocenters. The first kappa shape index (κ1) is 17.9. The molecule has 0 heterocycles. The van der Waals surface area contributed by atoms with Crippen molar-refractivity contribution < 1.29 is 13.2 Å². The molecule has 5 heteroatoms. The molecule has 0 bridgehead atoms. The van der Waals surface area contributed by atoms with Crippen LogP contribution in [-0.2, 0) is 10.0 Å². The minimum Gasteiger partial charge on any atom is -0.295 e. The van der Waals surface area contributed by atoms with E-state index >= 15 is 0 Å². The van der Waals surface area contributed by atoms with E-state index < -0.39 is 10.0 Å². The van der Waals surface area contributed by atoms with Crippen molar-refractivity contribution in [1.82, 2.24) is 4.72 Å². The van der Waals surface area contributed by atoms with Crippen molar-refractivity contribution in [2.75, 3.05) is 6.54 Å². The molecule has 0 radical (unpaired) electrons. The summed E-state index contributed by atoms with van der Waals surface area (Å²) >= 11 is 0. The van der Waals surface area contributed by atoms with Crippen LogP contribution in [0.2, 0.25) is 0 Å². The number of fused-ring (bicyclic) bond motifs is 1. The van der Waals surface area contributed by atoms with Crippen molar-refractivity contribution in [2.45, 2.75) is 11.8 Å². The molecular weight excluding hydrogens is 346 g/mol. The summed E-state index contributed by atoms with van der Waals surface area (Å²) in [6, 6.07) is 19.5. The molecule has 0 amide bonds. The fraction of sp³-hybridized carbons (Fsp3) is 0.0952. The number of hydrogen-bond donors (Lipinski definition) is 1. The number of nitrogens with one attached hydrogen (secondary N) is 1. The largest absolute Gasteiger partial charge is 0.295 e. The number of Topliss-reactive ketones (excluding diaryl/α,β-unsaturated/α-hetero) is 1. The molecule has 1 N–H and O–H groups in total. The molecule has 3 rings (SSSR count). The second kappa shape index (κ2) is 7.52. The Morgan fingerprint density at radius 2 is 1.65 bits per heavy atom. The van der Waals surface area contributed by atoms with Gasteiger partial charge in [0.15, 0.2) is 5.78 Å². The van der Waals surface area contributed by atoms with Gasteiger partial charge < -0.3 is 0 Å². The highest BCUT2D eigenvalue weighted by Crippen LogP contribution is 2.18. The van der Waals surface area contributed by atoms with Crippen molar-refractivity contribution in [3.8, 4) is 11.8 Å². The summed E-state index contributed by atoms with van der Waals surface area (Å²) < 4.78 is 27.3. The van der Waals surface area contributed by atoms with Gasteiger partial charge in [0.1, 0.15) is 0 Å². The Balaban J connectivity index is 1.69. The summed E-state index contributed by atoms with van der Waals surface area (Å²) in [6.07, 6.45) is 0. The maximum atomic E-state index is 12.4. The number of carbonyl (C=O) groups excluding carboxylic acids is 1. The van der Waals surface area contributed by atoms with Gasteiger partial charge in [-0.2, -0.15) is 4.72 Å². The van der Waals surface area contributed by atoms with Crippen LogP contribution in [0.25, 0.3) is 10.8 Å². The van der Waals surface area contributed by atoms with Gasteiger partial charge >= 0.3 is 0 Å². The van der Waals surface area contributed by atoms with Crippen LogP contribution in [0, 0.1) is 11.8 Å². The van der Waals surface area contributed by atoms with E-state index in [0.29, 0.717) is 5.56 Å². The lowest BCUT2D eigenvalue weighted by molar-refractivity contribution is 0.101. The minimum absolute atomic E-state index is 0.00359. The van der Waals surface area contributed by atoms with Crippen LogP contribution < -0.4 is 4.72 Å². The van der Waals surface area contributed by atoms with Gasteiger partial charge in [-0.25, -0.2) is 8.42 Å². The van der Waals surface area contributed by atoms with Crippen molar-refractivity contribution in [3.63, 3.8) is 0 Å². The first-order valence-corrected chi connectivity index (χ1v) is 9.52. The zero-order valence-corrected chi connectivity index (χ0v) is 15.0. The number of ketones is 1. The van der Waals surface area contributed by atoms with Crippen LogP contribution in [0.15, 0.2) is 71.6 Å². The molecule has 0 aliphatic carbocycles. The molecule has 3 aromatic rings. The number of hydrogen-bond acceptors (Lipinski definition) is 3. The van der Waals surface area contributed by atoms with Gasteiger partial charge in [0, 0.05) is 11.1 Å². The van der Waals surface area contributed by atoms with E-state index in [-0.39, 0.29) is 17.2 Å². The Hall–Kier alpha value is -2.94. The third-order valence-corrected chi connectivity index (χ3v) is 5.30. The maximum absolute atomic E-state index is 12.4. The van der Waals surface area contributed by atoms with Crippen LogP contribution in [0.5, 0.6) is 0 Å². The highest BCUT2D eigenvalue weighted by atomic mass is 32.2. The molecule has 4 nitrogen and oxygen atoms in total. The number of benzene rings is 3. The predicted octanol–water partition coefficient (Wildman–Crippen LogP) is 3.37. The molecule has 0 fully saturated rings. The van der Waals surface area contributed by atoms with Gasteiger partial charge in [-0.1, -0.05) is 54.3 Å². The van der Waals surface area contributed by atoms with Gasteiger partial charge in [-0.15, -0.1) is 0 Å². The number of sulfonamides is 1. The van der Waals surface area contributed by atoms with Gasteiger partial charge in [0.25, 0.3) is 0 Å². The molecule has 0 saturated carbocycles. The van der Waals surface area contributed by atoms with Crippen LogP contribution in [0.4, 0.5) is 0 Å². The SMILES string of the molecule is CC(=O)c1ccc(C#CCNS(=O)(=O)c2ccc3ccccc3c2)cc1. The fourth-order valence-corrected chi connectivity index (χ4v) is 3.44. The molecule has 0 aromatic heterocycles. The van der Waals surface area contributed by atoms with Crippen LogP contribution in [-0.4, -0.2) is 20.7 Å². The molecule has 0 spiro atoms. The summed E-state index contributed by atoms with van der Waals surface area (Å²) in [4.78, 5) is 11.4. The van der Waals surface area contributed by atoms with E-state index in [4.69, 9.17) is 0 Å². The van der Waals surface area contributed by atoms with E-state index in [1.165, 1.54) is 6.92 Å². The van der Waals surface area contributed by atoms with Crippen LogP contribution in [0.3, 0.4) is 0 Å². The lowest BCUT2D eigenvalue weighted by atomic mass is 10.1. The third-order valence-electron chi connectivity index (χ3n) is 3.91. The van der Waals surface area contributed by atoms with Crippen molar-refractivity contribution in [2.24, 2.45) is 0 Å². The molecule has 3 aromatic carbocycles. The van der Waals surface area contributed by atoms with E-state index in [2.05, 4.69) is 16.6 Å². The van der Waals surface area contributed by atoms with Crippen LogP contribution in [0.1, 0.15) is 22.8 Å². The maximum Gasteiger partial charge on any atom is 0.241 e. The molecule has 130 valence electrons. The zero-order valence-electron chi connectivity index (χ0n) is 14.2. The van der Waals surface area contributed by atoms with Gasteiger partial charge in [-0.3, -0.25) is 4.79 Å². The van der Waals surface area contributed by atoms with Crippen molar-refractivity contribution in [1.29, 1.82) is 0 Å². The Bertz CT molecular complexity index is 1120. The topological polar surface area (TPSA) is 63.2 Å². The standard InChI is InChI=1S/C21H17NO3S/c1-16(23)18-10-8-17(9-11-18)5-4-14-22-26(24,25)21-13-12-19-6-2-3-7-20(19)15-21/h2-3,6-13,15,22H,14H2,1H3. The van der Waals surface area contributed by atoms with E-state index in [1.54, 1.807) is 42.5 Å².